The van der Waals surface area contributed by atoms with Crippen molar-refractivity contribution in [3.63, 3.8) is 0 Å². The van der Waals surface area contributed by atoms with E-state index in [9.17, 15) is 4.79 Å². The van der Waals surface area contributed by atoms with Crippen LogP contribution in [0, 0.1) is 0 Å². The van der Waals surface area contributed by atoms with Gasteiger partial charge in [0.15, 0.2) is 0 Å². The SMILES string of the molecule is COc1ccc(OCCCC(=O)Nc2ccc(Cl)cc2Cl)cc1. The largest absolute Gasteiger partial charge is 0.497 e. The topological polar surface area (TPSA) is 47.6 Å². The fourth-order valence-electron chi connectivity index (χ4n) is 1.90. The summed E-state index contributed by atoms with van der Waals surface area (Å²) in [5, 5.41) is 3.70. The molecule has 2 rings (SSSR count). The molecule has 0 aliphatic carbocycles. The predicted octanol–water partition coefficient (Wildman–Crippen LogP) is 4.80. The molecule has 0 saturated heterocycles. The molecule has 0 radical (unpaired) electrons. The van der Waals surface area contributed by atoms with Crippen LogP contribution in [-0.4, -0.2) is 19.6 Å². The van der Waals surface area contributed by atoms with Gasteiger partial charge in [0.2, 0.25) is 5.91 Å². The summed E-state index contributed by atoms with van der Waals surface area (Å²) in [5.41, 5.74) is 0.553. The zero-order chi connectivity index (χ0) is 16.7. The summed E-state index contributed by atoms with van der Waals surface area (Å²) >= 11 is 11.8. The van der Waals surface area contributed by atoms with Crippen molar-refractivity contribution in [3.05, 3.63) is 52.5 Å². The molecule has 0 fully saturated rings. The van der Waals surface area contributed by atoms with Gasteiger partial charge in [-0.25, -0.2) is 0 Å². The quantitative estimate of drug-likeness (QED) is 0.727. The zero-order valence-electron chi connectivity index (χ0n) is 12.6. The molecule has 0 unspecified atom stereocenters. The van der Waals surface area contributed by atoms with Crippen LogP contribution in [0.3, 0.4) is 0 Å². The van der Waals surface area contributed by atoms with E-state index in [-0.39, 0.29) is 5.91 Å². The van der Waals surface area contributed by atoms with Gasteiger partial charge in [0.1, 0.15) is 11.5 Å². The fraction of sp³-hybridized carbons (Fsp3) is 0.235. The molecule has 122 valence electrons. The number of carbonyl (C=O) groups excluding carboxylic acids is 1. The minimum atomic E-state index is -0.118. The van der Waals surface area contributed by atoms with Crippen molar-refractivity contribution in [2.45, 2.75) is 12.8 Å². The van der Waals surface area contributed by atoms with Crippen LogP contribution >= 0.6 is 23.2 Å². The third kappa shape index (κ3) is 5.66. The highest BCUT2D eigenvalue weighted by atomic mass is 35.5. The third-order valence-corrected chi connectivity index (χ3v) is 3.63. The van der Waals surface area contributed by atoms with Crippen molar-refractivity contribution in [2.75, 3.05) is 19.0 Å². The lowest BCUT2D eigenvalue weighted by Gasteiger charge is -2.09. The lowest BCUT2D eigenvalue weighted by Crippen LogP contribution is -2.13. The minimum absolute atomic E-state index is 0.118. The second-order valence-electron chi connectivity index (χ2n) is 4.80. The van der Waals surface area contributed by atoms with Crippen molar-refractivity contribution >= 4 is 34.8 Å². The van der Waals surface area contributed by atoms with Gasteiger partial charge in [0.25, 0.3) is 0 Å². The molecule has 0 aromatic heterocycles. The minimum Gasteiger partial charge on any atom is -0.497 e. The molecule has 0 bridgehead atoms. The summed E-state index contributed by atoms with van der Waals surface area (Å²) in [6.45, 7) is 0.452. The van der Waals surface area contributed by atoms with Crippen molar-refractivity contribution in [1.82, 2.24) is 0 Å². The number of nitrogens with one attached hydrogen (secondary N) is 1. The maximum absolute atomic E-state index is 11.9. The van der Waals surface area contributed by atoms with Gasteiger partial charge in [-0.1, -0.05) is 23.2 Å². The summed E-state index contributed by atoms with van der Waals surface area (Å²) in [7, 11) is 1.61. The average molecular weight is 354 g/mol. The second-order valence-corrected chi connectivity index (χ2v) is 5.64. The molecule has 1 amide bonds. The molecule has 0 spiro atoms. The van der Waals surface area contributed by atoms with Gasteiger partial charge in [-0.05, 0) is 48.9 Å². The maximum atomic E-state index is 11.9. The summed E-state index contributed by atoms with van der Waals surface area (Å²) in [5.74, 6) is 1.40. The first-order chi connectivity index (χ1) is 11.1. The molecule has 6 heteroatoms. The number of hydrogen-bond donors (Lipinski definition) is 1. The first-order valence-electron chi connectivity index (χ1n) is 7.10. The van der Waals surface area contributed by atoms with Crippen molar-refractivity contribution in [1.29, 1.82) is 0 Å². The first-order valence-corrected chi connectivity index (χ1v) is 7.86. The van der Waals surface area contributed by atoms with Crippen LogP contribution in [0.25, 0.3) is 0 Å². The molecule has 2 aromatic rings. The van der Waals surface area contributed by atoms with Crippen LogP contribution in [0.4, 0.5) is 5.69 Å². The van der Waals surface area contributed by atoms with E-state index in [4.69, 9.17) is 32.7 Å². The zero-order valence-corrected chi connectivity index (χ0v) is 14.2. The number of ether oxygens (including phenoxy) is 2. The molecule has 0 heterocycles. The lowest BCUT2D eigenvalue weighted by molar-refractivity contribution is -0.116. The number of benzene rings is 2. The lowest BCUT2D eigenvalue weighted by atomic mass is 10.2. The monoisotopic (exact) mass is 353 g/mol. The van der Waals surface area contributed by atoms with Crippen molar-refractivity contribution < 1.29 is 14.3 Å². The van der Waals surface area contributed by atoms with E-state index in [0.717, 1.165) is 11.5 Å². The standard InChI is InChI=1S/C17H17Cl2NO3/c1-22-13-5-7-14(8-6-13)23-10-2-3-17(21)20-16-9-4-12(18)11-15(16)19/h4-9,11H,2-3,10H2,1H3,(H,20,21). The highest BCUT2D eigenvalue weighted by molar-refractivity contribution is 6.36. The number of hydrogen-bond acceptors (Lipinski definition) is 3. The van der Waals surface area contributed by atoms with Crippen LogP contribution in [0.2, 0.25) is 10.0 Å². The molecule has 0 saturated carbocycles. The molecule has 0 atom stereocenters. The summed E-state index contributed by atoms with van der Waals surface area (Å²) in [6, 6.07) is 12.2. The van der Waals surface area contributed by atoms with Gasteiger partial charge < -0.3 is 14.8 Å². The van der Waals surface area contributed by atoms with Crippen LogP contribution in [0.1, 0.15) is 12.8 Å². The van der Waals surface area contributed by atoms with Gasteiger partial charge in [0, 0.05) is 11.4 Å². The van der Waals surface area contributed by atoms with Gasteiger partial charge in [-0.3, -0.25) is 4.79 Å². The molecule has 4 nitrogen and oxygen atoms in total. The Morgan fingerprint density at radius 2 is 1.78 bits per heavy atom. The normalized spacial score (nSPS) is 10.2. The van der Waals surface area contributed by atoms with Crippen LogP contribution in [0.15, 0.2) is 42.5 Å². The summed E-state index contributed by atoms with van der Waals surface area (Å²) < 4.78 is 10.6. The molecule has 2 aromatic carbocycles. The van der Waals surface area contributed by atoms with Crippen LogP contribution in [0.5, 0.6) is 11.5 Å². The highest BCUT2D eigenvalue weighted by Crippen LogP contribution is 2.25. The Balaban J connectivity index is 1.72. The van der Waals surface area contributed by atoms with Gasteiger partial charge >= 0.3 is 0 Å². The van der Waals surface area contributed by atoms with Gasteiger partial charge in [-0.2, -0.15) is 0 Å². The smallest absolute Gasteiger partial charge is 0.224 e. The third-order valence-electron chi connectivity index (χ3n) is 3.08. The fourth-order valence-corrected chi connectivity index (χ4v) is 2.35. The molecule has 23 heavy (non-hydrogen) atoms. The van der Waals surface area contributed by atoms with Crippen molar-refractivity contribution in [2.24, 2.45) is 0 Å². The van der Waals surface area contributed by atoms with Gasteiger partial charge in [-0.15, -0.1) is 0 Å². The Labute approximate surface area is 145 Å². The molecule has 0 aliphatic heterocycles. The Morgan fingerprint density at radius 3 is 2.43 bits per heavy atom. The summed E-state index contributed by atoms with van der Waals surface area (Å²) in [4.78, 5) is 11.9. The molecule has 1 N–H and O–H groups in total. The Hall–Kier alpha value is -1.91. The number of anilines is 1. The number of methoxy groups -OCH3 is 1. The summed E-state index contributed by atoms with van der Waals surface area (Å²) in [6.07, 6.45) is 0.943. The molecular formula is C17H17Cl2NO3. The predicted molar refractivity (Wildman–Crippen MR) is 92.8 cm³/mol. The number of rotatable bonds is 7. The number of carbonyl (C=O) groups is 1. The average Bonchev–Trinajstić information content (AvgIpc) is 2.55. The number of amides is 1. The van der Waals surface area contributed by atoms with Crippen LogP contribution < -0.4 is 14.8 Å². The number of halogens is 2. The Bertz CT molecular complexity index is 659. The van der Waals surface area contributed by atoms with Crippen LogP contribution in [-0.2, 0) is 4.79 Å². The molecule has 0 aliphatic rings. The van der Waals surface area contributed by atoms with E-state index in [0.29, 0.717) is 35.2 Å². The maximum Gasteiger partial charge on any atom is 0.224 e. The Morgan fingerprint density at radius 1 is 1.09 bits per heavy atom. The van der Waals surface area contributed by atoms with E-state index in [1.54, 1.807) is 25.3 Å². The van der Waals surface area contributed by atoms with Gasteiger partial charge in [0.05, 0.1) is 24.4 Å². The van der Waals surface area contributed by atoms with E-state index in [1.165, 1.54) is 0 Å². The second kappa shape index (κ2) is 8.65. The first kappa shape index (κ1) is 17.4. The Kier molecular flexibility index (Phi) is 6.56. The highest BCUT2D eigenvalue weighted by Gasteiger charge is 2.06. The van der Waals surface area contributed by atoms with E-state index in [2.05, 4.69) is 5.32 Å². The van der Waals surface area contributed by atoms with E-state index >= 15 is 0 Å². The van der Waals surface area contributed by atoms with Crippen molar-refractivity contribution in [3.8, 4) is 11.5 Å². The van der Waals surface area contributed by atoms with E-state index < -0.39 is 0 Å². The van der Waals surface area contributed by atoms with E-state index in [1.807, 2.05) is 24.3 Å². The molecular weight excluding hydrogens is 337 g/mol.